The van der Waals surface area contributed by atoms with Gasteiger partial charge in [-0.3, -0.25) is 4.99 Å². The summed E-state index contributed by atoms with van der Waals surface area (Å²) in [6.45, 7) is 6.42. The van der Waals surface area contributed by atoms with Crippen LogP contribution in [-0.2, 0) is 9.53 Å². The van der Waals surface area contributed by atoms with Gasteiger partial charge in [0.25, 0.3) is 0 Å². The number of aliphatic imine (C=N–C) groups is 1. The largest absolute Gasteiger partial charge is 0.464 e. The molecule has 1 rings (SSSR count). The normalized spacial score (nSPS) is 12.9. The first kappa shape index (κ1) is 14.4. The van der Waals surface area contributed by atoms with Gasteiger partial charge >= 0.3 is 5.97 Å². The summed E-state index contributed by atoms with van der Waals surface area (Å²) in [6.07, 6.45) is 2.68. The van der Waals surface area contributed by atoms with Gasteiger partial charge in [-0.15, -0.1) is 0 Å². The molecule has 0 amide bonds. The molecular formula is C15H21NO2. The van der Waals surface area contributed by atoms with E-state index in [2.05, 4.69) is 18.8 Å². The van der Waals surface area contributed by atoms with Crippen LogP contribution in [0.3, 0.4) is 0 Å². The molecule has 0 unspecified atom stereocenters. The summed E-state index contributed by atoms with van der Waals surface area (Å²) in [5.74, 6) is 0.246. The van der Waals surface area contributed by atoms with Crippen molar-refractivity contribution in [1.82, 2.24) is 0 Å². The molecule has 0 fully saturated rings. The second-order valence-corrected chi connectivity index (χ2v) is 4.53. The monoisotopic (exact) mass is 247 g/mol. The van der Waals surface area contributed by atoms with Crippen molar-refractivity contribution in [3.63, 3.8) is 0 Å². The fraction of sp³-hybridized carbons (Fsp3) is 0.467. The molecule has 98 valence electrons. The summed E-state index contributed by atoms with van der Waals surface area (Å²) < 4.78 is 5.06. The number of benzene rings is 1. The number of hydrogen-bond donors (Lipinski definition) is 0. The van der Waals surface area contributed by atoms with Gasteiger partial charge in [-0.1, -0.05) is 44.2 Å². The van der Waals surface area contributed by atoms with E-state index in [4.69, 9.17) is 4.74 Å². The van der Waals surface area contributed by atoms with E-state index in [0.29, 0.717) is 12.5 Å². The summed E-state index contributed by atoms with van der Waals surface area (Å²) in [6, 6.07) is 8.98. The van der Waals surface area contributed by atoms with Crippen molar-refractivity contribution in [2.45, 2.75) is 33.2 Å². The van der Waals surface area contributed by atoms with Gasteiger partial charge in [0, 0.05) is 6.21 Å². The van der Waals surface area contributed by atoms with Gasteiger partial charge in [0.2, 0.25) is 0 Å². The molecule has 1 aromatic rings. The second kappa shape index (κ2) is 7.64. The van der Waals surface area contributed by atoms with E-state index in [1.54, 1.807) is 6.92 Å². The number of nitrogens with zero attached hydrogens (tertiary/aromatic N) is 1. The van der Waals surface area contributed by atoms with E-state index in [1.807, 2.05) is 36.5 Å². The van der Waals surface area contributed by atoms with E-state index in [1.165, 1.54) is 0 Å². The van der Waals surface area contributed by atoms with E-state index in [9.17, 15) is 4.79 Å². The Bertz CT molecular complexity index is 385. The van der Waals surface area contributed by atoms with Crippen molar-refractivity contribution in [2.24, 2.45) is 10.9 Å². The molecule has 0 aliphatic heterocycles. The van der Waals surface area contributed by atoms with Crippen molar-refractivity contribution in [2.75, 3.05) is 6.61 Å². The van der Waals surface area contributed by atoms with E-state index < -0.39 is 6.04 Å². The second-order valence-electron chi connectivity index (χ2n) is 4.53. The van der Waals surface area contributed by atoms with E-state index >= 15 is 0 Å². The van der Waals surface area contributed by atoms with Crippen LogP contribution in [-0.4, -0.2) is 18.8 Å². The third kappa shape index (κ3) is 4.70. The lowest BCUT2D eigenvalue weighted by molar-refractivity contribution is -0.144. The van der Waals surface area contributed by atoms with Crippen LogP contribution in [0.25, 0.3) is 0 Å². The molecule has 0 saturated heterocycles. The molecule has 18 heavy (non-hydrogen) atoms. The highest BCUT2D eigenvalue weighted by Crippen LogP contribution is 2.18. The maximum absolute atomic E-state index is 11.9. The van der Waals surface area contributed by atoms with Gasteiger partial charge in [0.1, 0.15) is 0 Å². The van der Waals surface area contributed by atoms with Crippen molar-refractivity contribution >= 4 is 12.2 Å². The number of ether oxygens (including phenoxy) is 1. The lowest BCUT2D eigenvalue weighted by atomic mass is 10.1. The molecule has 0 aliphatic carbocycles. The van der Waals surface area contributed by atoms with Crippen LogP contribution in [0.2, 0.25) is 0 Å². The molecule has 0 aliphatic rings. The quantitative estimate of drug-likeness (QED) is 0.571. The SMILES string of the molecule is CCOC(=O)[C@H](N=CCC(C)C)c1ccccc1. The molecule has 0 radical (unpaired) electrons. The van der Waals surface area contributed by atoms with E-state index in [-0.39, 0.29) is 5.97 Å². The molecule has 0 aromatic heterocycles. The van der Waals surface area contributed by atoms with Gasteiger partial charge in [-0.05, 0) is 24.8 Å². The molecule has 0 saturated carbocycles. The maximum Gasteiger partial charge on any atom is 0.335 e. The molecular weight excluding hydrogens is 226 g/mol. The minimum Gasteiger partial charge on any atom is -0.464 e. The summed E-state index contributed by atoms with van der Waals surface area (Å²) in [7, 11) is 0. The van der Waals surface area contributed by atoms with Crippen molar-refractivity contribution < 1.29 is 9.53 Å². The number of carbonyl (C=O) groups is 1. The van der Waals surface area contributed by atoms with Crippen LogP contribution in [0.1, 0.15) is 38.8 Å². The smallest absolute Gasteiger partial charge is 0.335 e. The van der Waals surface area contributed by atoms with Crippen molar-refractivity contribution in [1.29, 1.82) is 0 Å². The Hall–Kier alpha value is -1.64. The highest BCUT2D eigenvalue weighted by molar-refractivity contribution is 5.79. The summed E-state index contributed by atoms with van der Waals surface area (Å²) in [5, 5.41) is 0. The van der Waals surface area contributed by atoms with Gasteiger partial charge in [-0.2, -0.15) is 0 Å². The third-order valence-corrected chi connectivity index (χ3v) is 2.46. The van der Waals surface area contributed by atoms with Crippen molar-refractivity contribution in [3.05, 3.63) is 35.9 Å². The van der Waals surface area contributed by atoms with Crippen LogP contribution in [0.15, 0.2) is 35.3 Å². The highest BCUT2D eigenvalue weighted by atomic mass is 16.5. The van der Waals surface area contributed by atoms with E-state index in [0.717, 1.165) is 12.0 Å². The first-order valence-electron chi connectivity index (χ1n) is 6.38. The number of hydrogen-bond acceptors (Lipinski definition) is 3. The average molecular weight is 247 g/mol. The molecule has 0 heterocycles. The van der Waals surface area contributed by atoms with Crippen LogP contribution in [0, 0.1) is 5.92 Å². The molecule has 1 atom stereocenters. The fourth-order valence-corrected chi connectivity index (χ4v) is 1.52. The zero-order valence-corrected chi connectivity index (χ0v) is 11.3. The molecule has 0 spiro atoms. The lowest BCUT2D eigenvalue weighted by Crippen LogP contribution is -2.14. The highest BCUT2D eigenvalue weighted by Gasteiger charge is 2.19. The van der Waals surface area contributed by atoms with Crippen LogP contribution >= 0.6 is 0 Å². The Kier molecular flexibility index (Phi) is 6.12. The summed E-state index contributed by atoms with van der Waals surface area (Å²) in [4.78, 5) is 16.2. The zero-order valence-electron chi connectivity index (χ0n) is 11.3. The fourth-order valence-electron chi connectivity index (χ4n) is 1.52. The van der Waals surface area contributed by atoms with Crippen molar-refractivity contribution in [3.8, 4) is 0 Å². The Labute approximate surface area is 109 Å². The summed E-state index contributed by atoms with van der Waals surface area (Å²) >= 11 is 0. The minimum absolute atomic E-state index is 0.288. The number of carbonyl (C=O) groups excluding carboxylic acids is 1. The predicted octanol–water partition coefficient (Wildman–Crippen LogP) is 3.41. The molecule has 3 nitrogen and oxygen atoms in total. The maximum atomic E-state index is 11.9. The van der Waals surface area contributed by atoms with Gasteiger partial charge in [-0.25, -0.2) is 4.79 Å². The topological polar surface area (TPSA) is 38.7 Å². The average Bonchev–Trinajstić information content (AvgIpc) is 2.35. The molecule has 0 N–H and O–H groups in total. The van der Waals surface area contributed by atoms with Crippen LogP contribution < -0.4 is 0 Å². The Morgan fingerprint density at radius 1 is 1.33 bits per heavy atom. The Morgan fingerprint density at radius 2 is 2.00 bits per heavy atom. The molecule has 3 heteroatoms. The number of esters is 1. The number of rotatable bonds is 6. The Balaban J connectivity index is 2.82. The van der Waals surface area contributed by atoms with Crippen LogP contribution in [0.4, 0.5) is 0 Å². The first-order valence-corrected chi connectivity index (χ1v) is 6.38. The molecule has 0 bridgehead atoms. The third-order valence-electron chi connectivity index (χ3n) is 2.46. The minimum atomic E-state index is -0.537. The van der Waals surface area contributed by atoms with Gasteiger partial charge in [0.05, 0.1) is 6.61 Å². The molecule has 1 aromatic carbocycles. The summed E-state index contributed by atoms with van der Waals surface area (Å²) in [5.41, 5.74) is 0.871. The zero-order chi connectivity index (χ0) is 13.4. The van der Waals surface area contributed by atoms with Crippen LogP contribution in [0.5, 0.6) is 0 Å². The van der Waals surface area contributed by atoms with Gasteiger partial charge < -0.3 is 4.74 Å². The Morgan fingerprint density at radius 3 is 2.56 bits per heavy atom. The predicted molar refractivity (Wildman–Crippen MR) is 73.8 cm³/mol. The van der Waals surface area contributed by atoms with Gasteiger partial charge in [0.15, 0.2) is 6.04 Å². The lowest BCUT2D eigenvalue weighted by Gasteiger charge is -2.11. The first-order chi connectivity index (χ1) is 8.65. The standard InChI is InChI=1S/C15H21NO2/c1-4-18-15(17)14(16-11-10-12(2)3)13-8-6-5-7-9-13/h5-9,11-12,14H,4,10H2,1-3H3/t14-/m1/s1.